The molecular weight excluding hydrogens is 382 g/mol. The lowest BCUT2D eigenvalue weighted by Crippen LogP contribution is -3.13. The highest BCUT2D eigenvalue weighted by Crippen LogP contribution is 2.40. The van der Waals surface area contributed by atoms with E-state index in [0.717, 1.165) is 55.0 Å². The van der Waals surface area contributed by atoms with Crippen LogP contribution < -0.4 is 4.90 Å². The number of pyridine rings is 1. The highest BCUT2D eigenvalue weighted by Gasteiger charge is 2.31. The van der Waals surface area contributed by atoms with Crippen LogP contribution in [0.1, 0.15) is 59.6 Å². The fourth-order valence-corrected chi connectivity index (χ4v) is 4.99. The number of quaternary nitrogens is 1. The largest absolute Gasteiger partial charge is 0.328 e. The molecule has 29 heavy (non-hydrogen) atoms. The van der Waals surface area contributed by atoms with E-state index < -0.39 is 0 Å². The molecule has 2 fully saturated rings. The van der Waals surface area contributed by atoms with Gasteiger partial charge in [-0.1, -0.05) is 6.07 Å². The summed E-state index contributed by atoms with van der Waals surface area (Å²) in [5, 5.41) is 7.57. The number of aromatic nitrogens is 3. The summed E-state index contributed by atoms with van der Waals surface area (Å²) in [5.74, 6) is 0.645. The predicted octanol–water partition coefficient (Wildman–Crippen LogP) is 2.49. The van der Waals surface area contributed by atoms with Crippen molar-refractivity contribution in [3.05, 3.63) is 45.9 Å². The minimum atomic E-state index is 0.137. The molecule has 0 atom stereocenters. The zero-order valence-electron chi connectivity index (χ0n) is 17.1. The van der Waals surface area contributed by atoms with Crippen molar-refractivity contribution in [3.8, 4) is 0 Å². The van der Waals surface area contributed by atoms with E-state index >= 15 is 0 Å². The van der Waals surface area contributed by atoms with Crippen LogP contribution in [-0.4, -0.2) is 51.8 Å². The van der Waals surface area contributed by atoms with E-state index in [4.69, 9.17) is 4.98 Å². The van der Waals surface area contributed by atoms with Gasteiger partial charge in [0.1, 0.15) is 6.54 Å². The van der Waals surface area contributed by atoms with E-state index in [2.05, 4.69) is 36.5 Å². The van der Waals surface area contributed by atoms with Crippen LogP contribution in [0.4, 0.5) is 0 Å². The number of thiophene rings is 1. The number of carbonyl (C=O) groups excluding carboxylic acids is 1. The van der Waals surface area contributed by atoms with Gasteiger partial charge < -0.3 is 9.80 Å². The van der Waals surface area contributed by atoms with E-state index in [-0.39, 0.29) is 11.9 Å². The maximum Gasteiger partial charge on any atom is 0.255 e. The predicted molar refractivity (Wildman–Crippen MR) is 115 cm³/mol. The van der Waals surface area contributed by atoms with Crippen molar-refractivity contribution in [2.75, 3.05) is 26.2 Å². The molecule has 0 bridgehead atoms. The monoisotopic (exact) mass is 410 g/mol. The summed E-state index contributed by atoms with van der Waals surface area (Å²) in [7, 11) is 0. The Bertz CT molecular complexity index is 1010. The average molecular weight is 411 g/mol. The van der Waals surface area contributed by atoms with E-state index in [1.807, 2.05) is 33.2 Å². The highest BCUT2D eigenvalue weighted by atomic mass is 32.1. The summed E-state index contributed by atoms with van der Waals surface area (Å²) in [6, 6.07) is 6.58. The number of amides is 1. The van der Waals surface area contributed by atoms with Crippen LogP contribution in [0.25, 0.3) is 11.0 Å². The topological polar surface area (TPSA) is 55.5 Å². The first-order valence-electron chi connectivity index (χ1n) is 10.6. The van der Waals surface area contributed by atoms with Crippen molar-refractivity contribution in [1.29, 1.82) is 0 Å². The van der Waals surface area contributed by atoms with Gasteiger partial charge in [-0.25, -0.2) is 9.67 Å². The molecule has 5 rings (SSSR count). The van der Waals surface area contributed by atoms with Gasteiger partial charge in [0.25, 0.3) is 5.91 Å². The summed E-state index contributed by atoms with van der Waals surface area (Å²) in [4.78, 5) is 23.4. The van der Waals surface area contributed by atoms with Gasteiger partial charge in [-0.15, -0.1) is 11.3 Å². The number of hydrogen-bond donors (Lipinski definition) is 1. The first-order chi connectivity index (χ1) is 14.1. The van der Waals surface area contributed by atoms with Gasteiger partial charge in [0.2, 0.25) is 0 Å². The van der Waals surface area contributed by atoms with Gasteiger partial charge in [0, 0.05) is 17.7 Å². The van der Waals surface area contributed by atoms with Crippen molar-refractivity contribution in [2.24, 2.45) is 0 Å². The lowest BCUT2D eigenvalue weighted by atomic mass is 10.1. The van der Waals surface area contributed by atoms with E-state index in [9.17, 15) is 4.79 Å². The number of fused-ring (bicyclic) bond motifs is 1. The lowest BCUT2D eigenvalue weighted by Gasteiger charge is -2.32. The van der Waals surface area contributed by atoms with Crippen LogP contribution in [0.15, 0.2) is 29.8 Å². The third-order valence-corrected chi connectivity index (χ3v) is 6.94. The summed E-state index contributed by atoms with van der Waals surface area (Å²) in [6.45, 7) is 8.88. The van der Waals surface area contributed by atoms with Crippen LogP contribution in [0, 0.1) is 0 Å². The quantitative estimate of drug-likeness (QED) is 0.703. The van der Waals surface area contributed by atoms with Gasteiger partial charge in [0.15, 0.2) is 5.65 Å². The molecule has 152 valence electrons. The zero-order chi connectivity index (χ0) is 20.0. The summed E-state index contributed by atoms with van der Waals surface area (Å²) in [5.41, 5.74) is 2.70. The van der Waals surface area contributed by atoms with Crippen LogP contribution in [0.3, 0.4) is 0 Å². The fourth-order valence-electron chi connectivity index (χ4n) is 4.21. The number of rotatable bonds is 5. The summed E-state index contributed by atoms with van der Waals surface area (Å²) < 4.78 is 1.95. The molecule has 3 aromatic heterocycles. The van der Waals surface area contributed by atoms with Crippen molar-refractivity contribution in [1.82, 2.24) is 19.7 Å². The van der Waals surface area contributed by atoms with Crippen molar-refractivity contribution < 1.29 is 9.69 Å². The van der Waals surface area contributed by atoms with Crippen LogP contribution in [0.5, 0.6) is 0 Å². The minimum absolute atomic E-state index is 0.137. The minimum Gasteiger partial charge on any atom is -0.328 e. The molecule has 1 aliphatic carbocycles. The Morgan fingerprint density at radius 1 is 1.31 bits per heavy atom. The second kappa shape index (κ2) is 7.54. The normalized spacial score (nSPS) is 18.1. The molecule has 0 aromatic carbocycles. The number of hydrogen-bond acceptors (Lipinski definition) is 4. The van der Waals surface area contributed by atoms with Crippen LogP contribution >= 0.6 is 11.3 Å². The van der Waals surface area contributed by atoms with Crippen LogP contribution in [-0.2, 0) is 6.54 Å². The molecule has 6 nitrogen and oxygen atoms in total. The Labute approximate surface area is 175 Å². The van der Waals surface area contributed by atoms with Crippen molar-refractivity contribution in [3.63, 3.8) is 0 Å². The Kier molecular flexibility index (Phi) is 4.87. The maximum absolute atomic E-state index is 13.5. The number of piperazine rings is 1. The van der Waals surface area contributed by atoms with Crippen LogP contribution in [0.2, 0.25) is 0 Å². The fraction of sp³-hybridized carbons (Fsp3) is 0.500. The third-order valence-electron chi connectivity index (χ3n) is 6.06. The van der Waals surface area contributed by atoms with Crippen molar-refractivity contribution >= 4 is 28.3 Å². The summed E-state index contributed by atoms with van der Waals surface area (Å²) in [6.07, 6.45) is 4.17. The molecule has 1 saturated heterocycles. The zero-order valence-corrected chi connectivity index (χ0v) is 17.9. The number of nitrogens with zero attached hydrogens (tertiary/aromatic N) is 4. The first-order valence-corrected chi connectivity index (χ1v) is 11.5. The maximum atomic E-state index is 13.5. The molecule has 1 amide bonds. The molecule has 4 heterocycles. The lowest BCUT2D eigenvalue weighted by molar-refractivity contribution is -0.917. The molecular formula is C22H28N5OS+. The highest BCUT2D eigenvalue weighted by molar-refractivity contribution is 7.09. The smallest absolute Gasteiger partial charge is 0.255 e. The first kappa shape index (κ1) is 18.8. The Morgan fingerprint density at radius 3 is 2.76 bits per heavy atom. The second-order valence-corrected chi connectivity index (χ2v) is 9.62. The average Bonchev–Trinajstić information content (AvgIpc) is 3.28. The van der Waals surface area contributed by atoms with Gasteiger partial charge in [-0.3, -0.25) is 4.79 Å². The van der Waals surface area contributed by atoms with Crippen molar-refractivity contribution in [2.45, 2.75) is 45.2 Å². The molecule has 1 N–H and O–H groups in total. The Hall–Kier alpha value is -2.25. The van der Waals surface area contributed by atoms with Gasteiger partial charge >= 0.3 is 0 Å². The molecule has 3 aromatic rings. The van der Waals surface area contributed by atoms with E-state index in [1.54, 1.807) is 4.90 Å². The molecule has 0 spiro atoms. The van der Waals surface area contributed by atoms with E-state index in [1.165, 1.54) is 17.7 Å². The Balaban J connectivity index is 1.38. The molecule has 0 unspecified atom stereocenters. The molecule has 0 radical (unpaired) electrons. The Morgan fingerprint density at radius 2 is 2.10 bits per heavy atom. The summed E-state index contributed by atoms with van der Waals surface area (Å²) >= 11 is 1.82. The number of carbonyl (C=O) groups is 1. The number of nitrogens with one attached hydrogen (secondary N) is 1. The molecule has 1 saturated carbocycles. The second-order valence-electron chi connectivity index (χ2n) is 8.59. The molecule has 7 heteroatoms. The third kappa shape index (κ3) is 3.69. The molecule has 1 aliphatic heterocycles. The SMILES string of the molecule is CC(C)n1ncc2c(C(=O)N3CC[NH+](Cc4cccs4)CC3)cc(C3CC3)nc21. The van der Waals surface area contributed by atoms with Gasteiger partial charge in [0.05, 0.1) is 48.2 Å². The van der Waals surface area contributed by atoms with Gasteiger partial charge in [-0.2, -0.15) is 5.10 Å². The molecule has 2 aliphatic rings. The van der Waals surface area contributed by atoms with E-state index in [0.29, 0.717) is 5.92 Å². The van der Waals surface area contributed by atoms with Gasteiger partial charge in [-0.05, 0) is 44.2 Å². The standard InChI is InChI=1S/C22H27N5OS/c1-15(2)27-21-19(13-23-27)18(12-20(24-21)16-5-6-16)22(28)26-9-7-25(8-10-26)14-17-4-3-11-29-17/h3-4,11-13,15-16H,5-10,14H2,1-2H3/p+1.